The lowest BCUT2D eigenvalue weighted by molar-refractivity contribution is -0.136. The summed E-state index contributed by atoms with van der Waals surface area (Å²) in [5, 5.41) is 11.9. The Hall–Kier alpha value is -1.51. The van der Waals surface area contributed by atoms with E-state index in [1.165, 1.54) is 16.7 Å². The number of aliphatic carboxylic acids is 1. The molecule has 0 spiro atoms. The number of nitrogens with one attached hydrogen (secondary N) is 1. The molecule has 0 saturated heterocycles. The highest BCUT2D eigenvalue weighted by Gasteiger charge is 2.16. The summed E-state index contributed by atoms with van der Waals surface area (Å²) in [6.45, 7) is 11.2. The van der Waals surface area contributed by atoms with Gasteiger partial charge in [0.1, 0.15) is 0 Å². The molecule has 1 aromatic carbocycles. The number of anilines is 1. The van der Waals surface area contributed by atoms with Crippen molar-refractivity contribution in [2.75, 3.05) is 11.9 Å². The molecule has 1 aromatic rings. The van der Waals surface area contributed by atoms with Crippen LogP contribution in [0.15, 0.2) is 12.1 Å². The first-order valence-corrected chi connectivity index (χ1v) is 6.29. The summed E-state index contributed by atoms with van der Waals surface area (Å²) in [6, 6.07) is 4.35. The van der Waals surface area contributed by atoms with Crippen LogP contribution in [0.5, 0.6) is 0 Å². The fourth-order valence-corrected chi connectivity index (χ4v) is 1.97. The maximum Gasteiger partial charge on any atom is 0.305 e. The Morgan fingerprint density at radius 3 is 2.11 bits per heavy atom. The van der Waals surface area contributed by atoms with Crippen LogP contribution in [0.1, 0.15) is 43.9 Å². The van der Waals surface area contributed by atoms with E-state index in [-0.39, 0.29) is 11.8 Å². The molecular weight excluding hydrogens is 226 g/mol. The molecule has 0 atom stereocenters. The van der Waals surface area contributed by atoms with Crippen LogP contribution in [-0.2, 0) is 10.2 Å². The highest BCUT2D eigenvalue weighted by Crippen LogP contribution is 2.29. The first-order chi connectivity index (χ1) is 8.21. The molecule has 1 rings (SSSR count). The molecule has 3 nitrogen and oxygen atoms in total. The zero-order valence-electron chi connectivity index (χ0n) is 11.9. The Labute approximate surface area is 109 Å². The van der Waals surface area contributed by atoms with Gasteiger partial charge in [-0.05, 0) is 36.0 Å². The predicted molar refractivity (Wildman–Crippen MR) is 75.4 cm³/mol. The Morgan fingerprint density at radius 2 is 1.72 bits per heavy atom. The van der Waals surface area contributed by atoms with Crippen molar-refractivity contribution in [3.63, 3.8) is 0 Å². The number of rotatable bonds is 4. The number of carboxylic acids is 1. The summed E-state index contributed by atoms with van der Waals surface area (Å²) in [5.41, 5.74) is 4.84. The first kappa shape index (κ1) is 14.6. The molecule has 3 heteroatoms. The predicted octanol–water partition coefficient (Wildman–Crippen LogP) is 3.49. The number of hydrogen-bond donors (Lipinski definition) is 2. The van der Waals surface area contributed by atoms with E-state index in [1.54, 1.807) is 0 Å². The van der Waals surface area contributed by atoms with Gasteiger partial charge in [-0.3, -0.25) is 4.79 Å². The molecule has 0 fully saturated rings. The van der Waals surface area contributed by atoms with Crippen molar-refractivity contribution in [3.8, 4) is 0 Å². The van der Waals surface area contributed by atoms with E-state index in [0.29, 0.717) is 6.54 Å². The van der Waals surface area contributed by atoms with Gasteiger partial charge in [0.15, 0.2) is 0 Å². The molecule has 0 heterocycles. The van der Waals surface area contributed by atoms with E-state index < -0.39 is 5.97 Å². The number of carbonyl (C=O) groups is 1. The average molecular weight is 249 g/mol. The number of aryl methyl sites for hydroxylation is 2. The SMILES string of the molecule is Cc1cc(C(C)(C)C)cc(C)c1NCCC(=O)O. The molecule has 0 aliphatic rings. The normalized spacial score (nSPS) is 11.4. The van der Waals surface area contributed by atoms with Gasteiger partial charge in [-0.1, -0.05) is 32.9 Å². The molecule has 0 aliphatic carbocycles. The van der Waals surface area contributed by atoms with Crippen LogP contribution in [0.2, 0.25) is 0 Å². The lowest BCUT2D eigenvalue weighted by atomic mass is 9.85. The third-order valence-electron chi connectivity index (χ3n) is 3.04. The highest BCUT2D eigenvalue weighted by molar-refractivity contribution is 5.68. The molecule has 0 radical (unpaired) electrons. The maximum absolute atomic E-state index is 10.5. The molecule has 0 aliphatic heterocycles. The molecule has 0 unspecified atom stereocenters. The van der Waals surface area contributed by atoms with Gasteiger partial charge < -0.3 is 10.4 Å². The smallest absolute Gasteiger partial charge is 0.305 e. The van der Waals surface area contributed by atoms with Crippen LogP contribution < -0.4 is 5.32 Å². The third kappa shape index (κ3) is 3.76. The van der Waals surface area contributed by atoms with E-state index >= 15 is 0 Å². The number of carboxylic acid groups (broad SMARTS) is 1. The minimum atomic E-state index is -0.774. The Kier molecular flexibility index (Phi) is 4.38. The summed E-state index contributed by atoms with van der Waals surface area (Å²) in [6.07, 6.45) is 0.139. The van der Waals surface area contributed by atoms with E-state index in [2.05, 4.69) is 52.1 Å². The monoisotopic (exact) mass is 249 g/mol. The van der Waals surface area contributed by atoms with Crippen LogP contribution in [0.3, 0.4) is 0 Å². The Morgan fingerprint density at radius 1 is 1.22 bits per heavy atom. The molecule has 0 saturated carbocycles. The Balaban J connectivity index is 2.91. The van der Waals surface area contributed by atoms with Crippen molar-refractivity contribution in [3.05, 3.63) is 28.8 Å². The van der Waals surface area contributed by atoms with Crippen molar-refractivity contribution in [2.45, 2.75) is 46.5 Å². The minimum Gasteiger partial charge on any atom is -0.481 e. The van der Waals surface area contributed by atoms with Gasteiger partial charge in [0.25, 0.3) is 0 Å². The van der Waals surface area contributed by atoms with Crippen molar-refractivity contribution in [2.24, 2.45) is 0 Å². The zero-order valence-corrected chi connectivity index (χ0v) is 11.9. The van der Waals surface area contributed by atoms with Gasteiger partial charge in [0.2, 0.25) is 0 Å². The van der Waals surface area contributed by atoms with Crippen LogP contribution in [0.4, 0.5) is 5.69 Å². The topological polar surface area (TPSA) is 49.3 Å². The van der Waals surface area contributed by atoms with Crippen LogP contribution in [0.25, 0.3) is 0 Å². The van der Waals surface area contributed by atoms with E-state index in [4.69, 9.17) is 5.11 Å². The second kappa shape index (κ2) is 5.42. The van der Waals surface area contributed by atoms with Gasteiger partial charge in [0, 0.05) is 12.2 Å². The van der Waals surface area contributed by atoms with Crippen molar-refractivity contribution in [1.29, 1.82) is 0 Å². The van der Waals surface area contributed by atoms with E-state index in [9.17, 15) is 4.79 Å². The van der Waals surface area contributed by atoms with Crippen molar-refractivity contribution in [1.82, 2.24) is 0 Å². The molecule has 0 amide bonds. The van der Waals surface area contributed by atoms with Crippen LogP contribution >= 0.6 is 0 Å². The lowest BCUT2D eigenvalue weighted by Gasteiger charge is -2.22. The standard InChI is InChI=1S/C15H23NO2/c1-10-8-12(15(3,4)5)9-11(2)14(10)16-7-6-13(17)18/h8-9,16H,6-7H2,1-5H3,(H,17,18). The second-order valence-corrected chi connectivity index (χ2v) is 5.81. The average Bonchev–Trinajstić information content (AvgIpc) is 2.20. The summed E-state index contributed by atoms with van der Waals surface area (Å²) < 4.78 is 0. The maximum atomic E-state index is 10.5. The van der Waals surface area contributed by atoms with Crippen molar-refractivity contribution < 1.29 is 9.90 Å². The molecule has 100 valence electrons. The minimum absolute atomic E-state index is 0.134. The van der Waals surface area contributed by atoms with Crippen LogP contribution in [0, 0.1) is 13.8 Å². The van der Waals surface area contributed by atoms with Gasteiger partial charge in [-0.15, -0.1) is 0 Å². The lowest BCUT2D eigenvalue weighted by Crippen LogP contribution is -2.14. The summed E-state index contributed by atoms with van der Waals surface area (Å²) in [5.74, 6) is -0.774. The van der Waals surface area contributed by atoms with E-state index in [0.717, 1.165) is 5.69 Å². The van der Waals surface area contributed by atoms with Crippen molar-refractivity contribution >= 4 is 11.7 Å². The number of hydrogen-bond acceptors (Lipinski definition) is 2. The highest BCUT2D eigenvalue weighted by atomic mass is 16.4. The summed E-state index contributed by atoms with van der Waals surface area (Å²) >= 11 is 0. The quantitative estimate of drug-likeness (QED) is 0.858. The van der Waals surface area contributed by atoms with Gasteiger partial charge in [-0.2, -0.15) is 0 Å². The number of benzene rings is 1. The van der Waals surface area contributed by atoms with Gasteiger partial charge in [-0.25, -0.2) is 0 Å². The molecule has 2 N–H and O–H groups in total. The molecular formula is C15H23NO2. The second-order valence-electron chi connectivity index (χ2n) is 5.81. The largest absolute Gasteiger partial charge is 0.481 e. The summed E-state index contributed by atoms with van der Waals surface area (Å²) in [7, 11) is 0. The fraction of sp³-hybridized carbons (Fsp3) is 0.533. The van der Waals surface area contributed by atoms with E-state index in [1.807, 2.05) is 0 Å². The van der Waals surface area contributed by atoms with Gasteiger partial charge in [0.05, 0.1) is 6.42 Å². The fourth-order valence-electron chi connectivity index (χ4n) is 1.97. The molecule has 18 heavy (non-hydrogen) atoms. The first-order valence-electron chi connectivity index (χ1n) is 6.29. The third-order valence-corrected chi connectivity index (χ3v) is 3.04. The molecule has 0 aromatic heterocycles. The zero-order chi connectivity index (χ0) is 13.9. The Bertz CT molecular complexity index is 421. The summed E-state index contributed by atoms with van der Waals surface area (Å²) in [4.78, 5) is 10.5. The molecule has 0 bridgehead atoms. The van der Waals surface area contributed by atoms with Crippen LogP contribution in [-0.4, -0.2) is 17.6 Å². The van der Waals surface area contributed by atoms with Gasteiger partial charge >= 0.3 is 5.97 Å².